The van der Waals surface area contributed by atoms with Gasteiger partial charge in [-0.3, -0.25) is 4.68 Å². The zero-order chi connectivity index (χ0) is 17.1. The summed E-state index contributed by atoms with van der Waals surface area (Å²) in [4.78, 5) is 14.4. The molecule has 1 fully saturated rings. The van der Waals surface area contributed by atoms with Crippen molar-refractivity contribution in [2.24, 2.45) is 13.0 Å². The van der Waals surface area contributed by atoms with E-state index in [1.807, 2.05) is 43.6 Å². The first kappa shape index (κ1) is 16.5. The van der Waals surface area contributed by atoms with Gasteiger partial charge in [0.15, 0.2) is 0 Å². The Bertz CT molecular complexity index is 696. The first-order chi connectivity index (χ1) is 11.5. The molecule has 2 heterocycles. The standard InChI is InChI=1S/C18H24N4O2/c1-13(23)15-9-6-10-22(11-15)18(24)19-16-12-21(2)20-17(16)14-7-4-3-5-8-14/h3-5,7-8,12-13,15,23H,6,9-11H2,1-2H3,(H,19,24). The third-order valence-corrected chi connectivity index (χ3v) is 4.54. The lowest BCUT2D eigenvalue weighted by atomic mass is 9.94. The van der Waals surface area contributed by atoms with E-state index < -0.39 is 0 Å². The fourth-order valence-corrected chi connectivity index (χ4v) is 3.17. The number of aliphatic hydroxyl groups is 1. The summed E-state index contributed by atoms with van der Waals surface area (Å²) in [5.41, 5.74) is 2.43. The van der Waals surface area contributed by atoms with E-state index in [1.165, 1.54) is 0 Å². The molecular formula is C18H24N4O2. The molecule has 0 aliphatic carbocycles. The first-order valence-electron chi connectivity index (χ1n) is 8.37. The number of nitrogens with one attached hydrogen (secondary N) is 1. The number of rotatable bonds is 3. The first-order valence-corrected chi connectivity index (χ1v) is 8.37. The molecule has 2 amide bonds. The van der Waals surface area contributed by atoms with Gasteiger partial charge in [-0.2, -0.15) is 5.10 Å². The number of hydrogen-bond donors (Lipinski definition) is 2. The minimum Gasteiger partial charge on any atom is -0.393 e. The highest BCUT2D eigenvalue weighted by atomic mass is 16.3. The number of hydrogen-bond acceptors (Lipinski definition) is 3. The molecule has 2 atom stereocenters. The summed E-state index contributed by atoms with van der Waals surface area (Å²) < 4.78 is 1.70. The molecule has 128 valence electrons. The van der Waals surface area contributed by atoms with Gasteiger partial charge in [0, 0.05) is 37.8 Å². The molecule has 24 heavy (non-hydrogen) atoms. The summed E-state index contributed by atoms with van der Waals surface area (Å²) in [5.74, 6) is 0.145. The van der Waals surface area contributed by atoms with Gasteiger partial charge in [0.2, 0.25) is 0 Å². The molecule has 6 heteroatoms. The minimum atomic E-state index is -0.390. The van der Waals surface area contributed by atoms with E-state index in [0.29, 0.717) is 12.2 Å². The Kier molecular flexibility index (Phi) is 4.85. The van der Waals surface area contributed by atoms with E-state index >= 15 is 0 Å². The van der Waals surface area contributed by atoms with Gasteiger partial charge in [0.05, 0.1) is 11.8 Å². The lowest BCUT2D eigenvalue weighted by molar-refractivity contribution is 0.0766. The highest BCUT2D eigenvalue weighted by Crippen LogP contribution is 2.27. The molecule has 0 spiro atoms. The van der Waals surface area contributed by atoms with Crippen molar-refractivity contribution in [2.45, 2.75) is 25.9 Å². The van der Waals surface area contributed by atoms with Crippen LogP contribution >= 0.6 is 0 Å². The normalized spacial score (nSPS) is 19.1. The van der Waals surface area contributed by atoms with Crippen LogP contribution in [0.5, 0.6) is 0 Å². The number of likely N-dealkylation sites (tertiary alicyclic amines) is 1. The number of amides is 2. The maximum absolute atomic E-state index is 12.6. The Hall–Kier alpha value is -2.34. The molecule has 2 unspecified atom stereocenters. The zero-order valence-corrected chi connectivity index (χ0v) is 14.1. The van der Waals surface area contributed by atoms with Crippen LogP contribution in [0.15, 0.2) is 36.5 Å². The van der Waals surface area contributed by atoms with E-state index in [0.717, 1.165) is 30.6 Å². The zero-order valence-electron chi connectivity index (χ0n) is 14.1. The Balaban J connectivity index is 1.75. The molecule has 1 aliphatic rings. The van der Waals surface area contributed by atoms with Crippen molar-refractivity contribution < 1.29 is 9.90 Å². The summed E-state index contributed by atoms with van der Waals surface area (Å²) in [5, 5.41) is 17.2. The third-order valence-electron chi connectivity index (χ3n) is 4.54. The second kappa shape index (κ2) is 7.05. The van der Waals surface area contributed by atoms with Crippen LogP contribution in [-0.2, 0) is 7.05 Å². The molecule has 0 radical (unpaired) electrons. The molecule has 1 aromatic heterocycles. The Morgan fingerprint density at radius 2 is 2.12 bits per heavy atom. The van der Waals surface area contributed by atoms with Gasteiger partial charge in [0.25, 0.3) is 0 Å². The highest BCUT2D eigenvalue weighted by molar-refractivity contribution is 5.93. The van der Waals surface area contributed by atoms with Gasteiger partial charge in [-0.25, -0.2) is 4.79 Å². The molecule has 6 nitrogen and oxygen atoms in total. The van der Waals surface area contributed by atoms with Crippen LogP contribution in [-0.4, -0.2) is 45.0 Å². The Labute approximate surface area is 142 Å². The summed E-state index contributed by atoms with van der Waals surface area (Å²) in [6, 6.07) is 9.67. The largest absolute Gasteiger partial charge is 0.393 e. The van der Waals surface area contributed by atoms with Crippen LogP contribution in [0.25, 0.3) is 11.3 Å². The lowest BCUT2D eigenvalue weighted by Gasteiger charge is -2.34. The molecular weight excluding hydrogens is 304 g/mol. The molecule has 0 saturated carbocycles. The Morgan fingerprint density at radius 3 is 2.83 bits per heavy atom. The van der Waals surface area contributed by atoms with Gasteiger partial charge in [-0.1, -0.05) is 30.3 Å². The molecule has 1 aromatic carbocycles. The molecule has 3 rings (SSSR count). The quantitative estimate of drug-likeness (QED) is 0.910. The number of nitrogens with zero attached hydrogens (tertiary/aromatic N) is 3. The molecule has 2 aromatic rings. The number of carbonyl (C=O) groups excluding carboxylic acids is 1. The van der Waals surface area contributed by atoms with E-state index in [2.05, 4.69) is 10.4 Å². The van der Waals surface area contributed by atoms with Crippen molar-refractivity contribution >= 4 is 11.7 Å². The van der Waals surface area contributed by atoms with Crippen LogP contribution in [0.2, 0.25) is 0 Å². The summed E-state index contributed by atoms with van der Waals surface area (Å²) in [6.45, 7) is 3.10. The molecule has 2 N–H and O–H groups in total. The Morgan fingerprint density at radius 1 is 1.38 bits per heavy atom. The maximum Gasteiger partial charge on any atom is 0.321 e. The van der Waals surface area contributed by atoms with E-state index in [1.54, 1.807) is 16.5 Å². The fraction of sp³-hybridized carbons (Fsp3) is 0.444. The van der Waals surface area contributed by atoms with Crippen molar-refractivity contribution in [1.82, 2.24) is 14.7 Å². The number of aliphatic hydroxyl groups excluding tert-OH is 1. The van der Waals surface area contributed by atoms with Gasteiger partial charge in [-0.15, -0.1) is 0 Å². The summed E-state index contributed by atoms with van der Waals surface area (Å²) in [7, 11) is 1.84. The number of carbonyl (C=O) groups is 1. The topological polar surface area (TPSA) is 70.4 Å². The van der Waals surface area contributed by atoms with Crippen molar-refractivity contribution in [1.29, 1.82) is 0 Å². The second-order valence-electron chi connectivity index (χ2n) is 6.45. The van der Waals surface area contributed by atoms with Gasteiger partial charge >= 0.3 is 6.03 Å². The van der Waals surface area contributed by atoms with Gasteiger partial charge < -0.3 is 15.3 Å². The fourth-order valence-electron chi connectivity index (χ4n) is 3.17. The monoisotopic (exact) mass is 328 g/mol. The van der Waals surface area contributed by atoms with Crippen LogP contribution < -0.4 is 5.32 Å². The summed E-state index contributed by atoms with van der Waals surface area (Å²) >= 11 is 0. The average molecular weight is 328 g/mol. The van der Waals surface area contributed by atoms with E-state index in [4.69, 9.17) is 0 Å². The number of piperidine rings is 1. The maximum atomic E-state index is 12.6. The highest BCUT2D eigenvalue weighted by Gasteiger charge is 2.27. The van der Waals surface area contributed by atoms with Crippen LogP contribution in [0.1, 0.15) is 19.8 Å². The van der Waals surface area contributed by atoms with E-state index in [-0.39, 0.29) is 18.1 Å². The van der Waals surface area contributed by atoms with Crippen molar-refractivity contribution in [3.05, 3.63) is 36.5 Å². The third kappa shape index (κ3) is 3.59. The summed E-state index contributed by atoms with van der Waals surface area (Å²) in [6.07, 6.45) is 3.31. The second-order valence-corrected chi connectivity index (χ2v) is 6.45. The van der Waals surface area contributed by atoms with Crippen molar-refractivity contribution in [3.63, 3.8) is 0 Å². The van der Waals surface area contributed by atoms with Crippen LogP contribution in [0, 0.1) is 5.92 Å². The number of aryl methyl sites for hydroxylation is 1. The molecule has 1 saturated heterocycles. The number of anilines is 1. The van der Waals surface area contributed by atoms with Gasteiger partial charge in [0.1, 0.15) is 5.69 Å². The predicted molar refractivity (Wildman–Crippen MR) is 93.6 cm³/mol. The molecule has 0 bridgehead atoms. The van der Waals surface area contributed by atoms with Crippen LogP contribution in [0.3, 0.4) is 0 Å². The van der Waals surface area contributed by atoms with Gasteiger partial charge in [-0.05, 0) is 19.8 Å². The number of urea groups is 1. The van der Waals surface area contributed by atoms with Crippen molar-refractivity contribution in [2.75, 3.05) is 18.4 Å². The minimum absolute atomic E-state index is 0.134. The molecule has 1 aliphatic heterocycles. The number of benzene rings is 1. The SMILES string of the molecule is CC(O)C1CCCN(C(=O)Nc2cn(C)nc2-c2ccccc2)C1. The van der Waals surface area contributed by atoms with Crippen LogP contribution in [0.4, 0.5) is 10.5 Å². The predicted octanol–water partition coefficient (Wildman–Crippen LogP) is 2.71. The van der Waals surface area contributed by atoms with E-state index in [9.17, 15) is 9.90 Å². The average Bonchev–Trinajstić information content (AvgIpc) is 2.96. The number of aromatic nitrogens is 2. The smallest absolute Gasteiger partial charge is 0.321 e. The lowest BCUT2D eigenvalue weighted by Crippen LogP contribution is -2.44. The van der Waals surface area contributed by atoms with Crippen molar-refractivity contribution in [3.8, 4) is 11.3 Å².